The van der Waals surface area contributed by atoms with Gasteiger partial charge < -0.3 is 9.30 Å². The fourth-order valence-corrected chi connectivity index (χ4v) is 6.18. The molecule has 0 saturated carbocycles. The smallest absolute Gasteiger partial charge is 0.243 e. The molecule has 0 aliphatic carbocycles. The predicted molar refractivity (Wildman–Crippen MR) is 132 cm³/mol. The Bertz CT molecular complexity index is 1460. The van der Waals surface area contributed by atoms with Crippen LogP contribution in [-0.4, -0.2) is 47.5 Å². The molecule has 0 amide bonds. The molecule has 7 nitrogen and oxygen atoms in total. The lowest BCUT2D eigenvalue weighted by Crippen LogP contribution is -2.39. The summed E-state index contributed by atoms with van der Waals surface area (Å²) in [5.74, 6) is 0.718. The van der Waals surface area contributed by atoms with Crippen LogP contribution in [0.15, 0.2) is 65.8 Å². The first-order chi connectivity index (χ1) is 16.9. The van der Waals surface area contributed by atoms with Crippen LogP contribution < -0.4 is 4.74 Å². The zero-order valence-corrected chi connectivity index (χ0v) is 20.5. The first kappa shape index (κ1) is 23.4. The van der Waals surface area contributed by atoms with Crippen LogP contribution in [0.3, 0.4) is 0 Å². The molecule has 4 aromatic rings. The third kappa shape index (κ3) is 4.30. The lowest BCUT2D eigenvalue weighted by molar-refractivity contribution is 0.278. The summed E-state index contributed by atoms with van der Waals surface area (Å²) in [7, 11) is -1.99. The number of sulfonamides is 1. The van der Waals surface area contributed by atoms with Crippen LogP contribution in [0.1, 0.15) is 31.4 Å². The fourth-order valence-electron chi connectivity index (χ4n) is 4.71. The summed E-state index contributed by atoms with van der Waals surface area (Å²) in [5, 5.41) is 0. The Labute approximate surface area is 204 Å². The number of aromatic nitrogens is 3. The first-order valence-corrected chi connectivity index (χ1v) is 13.1. The van der Waals surface area contributed by atoms with Gasteiger partial charge in [-0.2, -0.15) is 4.31 Å². The number of rotatable bonds is 6. The summed E-state index contributed by atoms with van der Waals surface area (Å²) >= 11 is 0. The highest BCUT2D eigenvalue weighted by atomic mass is 32.2. The van der Waals surface area contributed by atoms with E-state index in [9.17, 15) is 12.8 Å². The van der Waals surface area contributed by atoms with Crippen LogP contribution in [-0.2, 0) is 16.4 Å². The molecule has 1 saturated heterocycles. The van der Waals surface area contributed by atoms with Gasteiger partial charge in [-0.25, -0.2) is 17.8 Å². The van der Waals surface area contributed by atoms with Gasteiger partial charge in [-0.1, -0.05) is 19.1 Å². The summed E-state index contributed by atoms with van der Waals surface area (Å²) in [6.45, 7) is 2.78. The van der Waals surface area contributed by atoms with E-state index in [-0.39, 0.29) is 6.04 Å². The zero-order chi connectivity index (χ0) is 24.6. The van der Waals surface area contributed by atoms with Crippen molar-refractivity contribution in [2.24, 2.45) is 0 Å². The predicted octanol–water partition coefficient (Wildman–Crippen LogP) is 4.83. The van der Waals surface area contributed by atoms with E-state index in [1.807, 2.05) is 41.8 Å². The molecular formula is C26H27FN4O3S. The van der Waals surface area contributed by atoms with Crippen molar-refractivity contribution in [1.82, 2.24) is 18.8 Å². The molecular weight excluding hydrogens is 467 g/mol. The molecule has 0 N–H and O–H groups in total. The molecule has 9 heteroatoms. The molecule has 0 atom stereocenters. The van der Waals surface area contributed by atoms with Crippen molar-refractivity contribution in [3.63, 3.8) is 0 Å². The molecule has 0 bridgehead atoms. The number of hydrogen-bond acceptors (Lipinski definition) is 5. The summed E-state index contributed by atoms with van der Waals surface area (Å²) < 4.78 is 50.1. The lowest BCUT2D eigenvalue weighted by Gasteiger charge is -2.33. The van der Waals surface area contributed by atoms with Gasteiger partial charge in [0.25, 0.3) is 0 Å². The number of pyridine rings is 1. The van der Waals surface area contributed by atoms with E-state index >= 15 is 0 Å². The lowest BCUT2D eigenvalue weighted by atomic mass is 10.1. The molecule has 2 aromatic carbocycles. The van der Waals surface area contributed by atoms with E-state index in [0.29, 0.717) is 53.5 Å². The van der Waals surface area contributed by atoms with Gasteiger partial charge in [0.1, 0.15) is 11.6 Å². The Morgan fingerprint density at radius 1 is 1.09 bits per heavy atom. The van der Waals surface area contributed by atoms with E-state index in [0.717, 1.165) is 17.5 Å². The number of imidazole rings is 1. The Kier molecular flexibility index (Phi) is 6.29. The van der Waals surface area contributed by atoms with Crippen molar-refractivity contribution < 1.29 is 17.5 Å². The second kappa shape index (κ2) is 9.39. The van der Waals surface area contributed by atoms with Gasteiger partial charge in [0.05, 0.1) is 34.8 Å². The maximum atomic E-state index is 14.7. The van der Waals surface area contributed by atoms with Crippen molar-refractivity contribution in [3.05, 3.63) is 72.3 Å². The summed E-state index contributed by atoms with van der Waals surface area (Å²) in [4.78, 5) is 8.92. The second-order valence-corrected chi connectivity index (χ2v) is 10.6. The van der Waals surface area contributed by atoms with Crippen LogP contribution in [0.2, 0.25) is 0 Å². The van der Waals surface area contributed by atoms with Crippen molar-refractivity contribution in [1.29, 1.82) is 0 Å². The number of nitrogens with zero attached hydrogens (tertiary/aromatic N) is 4. The Morgan fingerprint density at radius 3 is 2.49 bits per heavy atom. The highest BCUT2D eigenvalue weighted by Gasteiger charge is 2.32. The normalized spacial score (nSPS) is 15.5. The molecule has 0 spiro atoms. The Morgan fingerprint density at radius 2 is 1.83 bits per heavy atom. The number of benzene rings is 2. The molecule has 5 rings (SSSR count). The van der Waals surface area contributed by atoms with Crippen molar-refractivity contribution in [2.75, 3.05) is 20.2 Å². The molecule has 0 unspecified atom stereocenters. The van der Waals surface area contributed by atoms with Crippen LogP contribution in [0, 0.1) is 5.82 Å². The average Bonchev–Trinajstić information content (AvgIpc) is 3.27. The van der Waals surface area contributed by atoms with E-state index in [1.54, 1.807) is 35.8 Å². The topological polar surface area (TPSA) is 77.3 Å². The second-order valence-electron chi connectivity index (χ2n) is 8.65. The maximum Gasteiger partial charge on any atom is 0.243 e. The summed E-state index contributed by atoms with van der Waals surface area (Å²) in [6.07, 6.45) is 4.75. The summed E-state index contributed by atoms with van der Waals surface area (Å²) in [5.41, 5.74) is 3.01. The minimum Gasteiger partial charge on any atom is -0.497 e. The molecule has 35 heavy (non-hydrogen) atoms. The minimum atomic E-state index is -3.58. The fraction of sp³-hybridized carbons (Fsp3) is 0.308. The number of ether oxygens (including phenoxy) is 1. The quantitative estimate of drug-likeness (QED) is 0.384. The third-order valence-corrected chi connectivity index (χ3v) is 8.58. The van der Waals surface area contributed by atoms with E-state index in [2.05, 4.69) is 4.98 Å². The summed E-state index contributed by atoms with van der Waals surface area (Å²) in [6, 6.07) is 14.3. The monoisotopic (exact) mass is 494 g/mol. The number of piperidine rings is 1. The van der Waals surface area contributed by atoms with Crippen molar-refractivity contribution >= 4 is 21.1 Å². The molecule has 2 aromatic heterocycles. The molecule has 182 valence electrons. The van der Waals surface area contributed by atoms with Crippen LogP contribution in [0.5, 0.6) is 5.75 Å². The van der Waals surface area contributed by atoms with E-state index < -0.39 is 15.8 Å². The standard InChI is InChI=1S/C26H27FN4O3S/c1-3-18-4-7-21(8-5-18)35(32,33)30-14-11-19(12-15-30)31-25-9-6-20(34-2)16-24(25)29-26(31)22-10-13-28-17-23(22)27/h4-10,13,16-17,19H,3,11-12,14-15H2,1-2H3. The van der Waals surface area contributed by atoms with Crippen LogP contribution >= 0.6 is 0 Å². The molecule has 0 radical (unpaired) electrons. The minimum absolute atomic E-state index is 0.0372. The van der Waals surface area contributed by atoms with Gasteiger partial charge in [0.15, 0.2) is 5.82 Å². The largest absolute Gasteiger partial charge is 0.497 e. The van der Waals surface area contributed by atoms with E-state index in [1.165, 1.54) is 6.20 Å². The number of aryl methyl sites for hydroxylation is 1. The average molecular weight is 495 g/mol. The number of halogens is 1. The van der Waals surface area contributed by atoms with Crippen molar-refractivity contribution in [3.8, 4) is 17.1 Å². The molecule has 1 fully saturated rings. The van der Waals surface area contributed by atoms with Crippen LogP contribution in [0.4, 0.5) is 4.39 Å². The number of fused-ring (bicyclic) bond motifs is 1. The zero-order valence-electron chi connectivity index (χ0n) is 19.7. The Balaban J connectivity index is 1.47. The molecule has 3 heterocycles. The van der Waals surface area contributed by atoms with Gasteiger partial charge in [-0.15, -0.1) is 0 Å². The number of hydrogen-bond donors (Lipinski definition) is 0. The van der Waals surface area contributed by atoms with Gasteiger partial charge >= 0.3 is 0 Å². The molecule has 1 aliphatic heterocycles. The van der Waals surface area contributed by atoms with E-state index in [4.69, 9.17) is 9.72 Å². The van der Waals surface area contributed by atoms with Crippen LogP contribution in [0.25, 0.3) is 22.4 Å². The van der Waals surface area contributed by atoms with Gasteiger partial charge in [0, 0.05) is 31.4 Å². The molecule has 1 aliphatic rings. The SMILES string of the molecule is CCc1ccc(S(=O)(=O)N2CCC(n3c(-c4ccncc4F)nc4cc(OC)ccc43)CC2)cc1. The van der Waals surface area contributed by atoms with Crippen molar-refractivity contribution in [2.45, 2.75) is 37.1 Å². The first-order valence-electron chi connectivity index (χ1n) is 11.7. The van der Waals surface area contributed by atoms with Gasteiger partial charge in [0.2, 0.25) is 10.0 Å². The third-order valence-electron chi connectivity index (χ3n) is 6.67. The van der Waals surface area contributed by atoms with Gasteiger partial charge in [-0.05, 0) is 55.2 Å². The number of methoxy groups -OCH3 is 1. The highest BCUT2D eigenvalue weighted by molar-refractivity contribution is 7.89. The van der Waals surface area contributed by atoms with Gasteiger partial charge in [-0.3, -0.25) is 4.98 Å². The Hall–Kier alpha value is -3.30. The highest BCUT2D eigenvalue weighted by Crippen LogP contribution is 2.36. The maximum absolute atomic E-state index is 14.7.